The van der Waals surface area contributed by atoms with Crippen LogP contribution < -0.4 is 5.32 Å². The lowest BCUT2D eigenvalue weighted by Crippen LogP contribution is -2.00. The molecule has 20 heavy (non-hydrogen) atoms. The number of oxazole rings is 1. The SMILES string of the molecule is Cc1nc(-c2ccc(NCc3ccccn3)cc2)co1. The van der Waals surface area contributed by atoms with E-state index in [1.54, 1.807) is 12.5 Å². The Bertz CT molecular complexity index is 674. The van der Waals surface area contributed by atoms with Crippen LogP contribution in [0.1, 0.15) is 11.6 Å². The van der Waals surface area contributed by atoms with Crippen LogP contribution in [-0.4, -0.2) is 9.97 Å². The third kappa shape index (κ3) is 2.85. The maximum absolute atomic E-state index is 5.22. The average Bonchev–Trinajstić information content (AvgIpc) is 2.93. The van der Waals surface area contributed by atoms with Crippen LogP contribution in [0.4, 0.5) is 5.69 Å². The van der Waals surface area contributed by atoms with Crippen molar-refractivity contribution in [1.82, 2.24) is 9.97 Å². The lowest BCUT2D eigenvalue weighted by Gasteiger charge is -2.06. The number of hydrogen-bond donors (Lipinski definition) is 1. The van der Waals surface area contributed by atoms with Crippen LogP contribution in [0, 0.1) is 6.92 Å². The highest BCUT2D eigenvalue weighted by atomic mass is 16.3. The van der Waals surface area contributed by atoms with Gasteiger partial charge in [0.15, 0.2) is 5.89 Å². The van der Waals surface area contributed by atoms with Crippen LogP contribution in [0.25, 0.3) is 11.3 Å². The van der Waals surface area contributed by atoms with Crippen molar-refractivity contribution in [2.45, 2.75) is 13.5 Å². The standard InChI is InChI=1S/C16H15N3O/c1-12-19-16(11-20-12)13-5-7-14(8-6-13)18-10-15-4-2-3-9-17-15/h2-9,11,18H,10H2,1H3. The first-order valence-corrected chi connectivity index (χ1v) is 6.47. The van der Waals surface area contributed by atoms with Gasteiger partial charge in [0.1, 0.15) is 12.0 Å². The Labute approximate surface area is 117 Å². The molecule has 0 aliphatic rings. The molecule has 0 spiro atoms. The number of rotatable bonds is 4. The number of hydrogen-bond acceptors (Lipinski definition) is 4. The topological polar surface area (TPSA) is 51.0 Å². The molecule has 0 atom stereocenters. The summed E-state index contributed by atoms with van der Waals surface area (Å²) in [6.07, 6.45) is 3.47. The fourth-order valence-corrected chi connectivity index (χ4v) is 1.95. The molecule has 0 saturated heterocycles. The molecule has 0 fully saturated rings. The van der Waals surface area contributed by atoms with Gasteiger partial charge in [0.25, 0.3) is 0 Å². The van der Waals surface area contributed by atoms with Gasteiger partial charge in [-0.15, -0.1) is 0 Å². The highest BCUT2D eigenvalue weighted by Crippen LogP contribution is 2.20. The van der Waals surface area contributed by atoms with Crippen molar-refractivity contribution in [2.24, 2.45) is 0 Å². The molecule has 3 rings (SSSR count). The van der Waals surface area contributed by atoms with Crippen molar-refractivity contribution < 1.29 is 4.42 Å². The van der Waals surface area contributed by atoms with Crippen molar-refractivity contribution in [1.29, 1.82) is 0 Å². The Kier molecular flexibility index (Phi) is 3.46. The zero-order chi connectivity index (χ0) is 13.8. The lowest BCUT2D eigenvalue weighted by molar-refractivity contribution is 0.521. The van der Waals surface area contributed by atoms with E-state index in [9.17, 15) is 0 Å². The van der Waals surface area contributed by atoms with Gasteiger partial charge in [-0.05, 0) is 24.3 Å². The number of anilines is 1. The van der Waals surface area contributed by atoms with Gasteiger partial charge in [-0.1, -0.05) is 18.2 Å². The Morgan fingerprint density at radius 2 is 1.95 bits per heavy atom. The smallest absolute Gasteiger partial charge is 0.191 e. The summed E-state index contributed by atoms with van der Waals surface area (Å²) in [7, 11) is 0. The van der Waals surface area contributed by atoms with E-state index in [0.29, 0.717) is 12.4 Å². The molecule has 100 valence electrons. The minimum Gasteiger partial charge on any atom is -0.449 e. The van der Waals surface area contributed by atoms with Gasteiger partial charge < -0.3 is 9.73 Å². The largest absolute Gasteiger partial charge is 0.449 e. The third-order valence-corrected chi connectivity index (χ3v) is 3.00. The van der Waals surface area contributed by atoms with Crippen molar-refractivity contribution in [3.05, 3.63) is 66.5 Å². The Morgan fingerprint density at radius 1 is 1.10 bits per heavy atom. The Morgan fingerprint density at radius 3 is 2.60 bits per heavy atom. The van der Waals surface area contributed by atoms with E-state index in [1.165, 1.54) is 0 Å². The van der Waals surface area contributed by atoms with Gasteiger partial charge in [0, 0.05) is 24.4 Å². The van der Waals surface area contributed by atoms with Gasteiger partial charge in [0.2, 0.25) is 0 Å². The highest BCUT2D eigenvalue weighted by Gasteiger charge is 2.03. The van der Waals surface area contributed by atoms with Crippen molar-refractivity contribution >= 4 is 5.69 Å². The molecule has 0 saturated carbocycles. The average molecular weight is 265 g/mol. The molecular weight excluding hydrogens is 250 g/mol. The number of benzene rings is 1. The van der Waals surface area contributed by atoms with E-state index in [4.69, 9.17) is 4.42 Å². The van der Waals surface area contributed by atoms with Gasteiger partial charge in [-0.25, -0.2) is 4.98 Å². The second-order valence-corrected chi connectivity index (χ2v) is 4.50. The van der Waals surface area contributed by atoms with Crippen LogP contribution in [0.5, 0.6) is 0 Å². The maximum Gasteiger partial charge on any atom is 0.191 e. The van der Waals surface area contributed by atoms with E-state index in [2.05, 4.69) is 15.3 Å². The number of pyridine rings is 1. The van der Waals surface area contributed by atoms with Crippen molar-refractivity contribution in [2.75, 3.05) is 5.32 Å². The molecule has 4 heteroatoms. The molecule has 4 nitrogen and oxygen atoms in total. The Balaban J connectivity index is 1.67. The first-order chi connectivity index (χ1) is 9.81. The Hall–Kier alpha value is -2.62. The molecule has 0 unspecified atom stereocenters. The highest BCUT2D eigenvalue weighted by molar-refractivity contribution is 5.61. The molecule has 1 N–H and O–H groups in total. The summed E-state index contributed by atoms with van der Waals surface area (Å²) in [5, 5.41) is 3.34. The number of nitrogens with zero attached hydrogens (tertiary/aromatic N) is 2. The number of aryl methyl sites for hydroxylation is 1. The normalized spacial score (nSPS) is 10.4. The summed E-state index contributed by atoms with van der Waals surface area (Å²) < 4.78 is 5.22. The molecule has 3 aromatic rings. The van der Waals surface area contributed by atoms with Gasteiger partial charge >= 0.3 is 0 Å². The minimum atomic E-state index is 0.678. The summed E-state index contributed by atoms with van der Waals surface area (Å²) in [6.45, 7) is 2.55. The molecule has 0 radical (unpaired) electrons. The number of nitrogens with one attached hydrogen (secondary N) is 1. The molecule has 0 aliphatic heterocycles. The zero-order valence-corrected chi connectivity index (χ0v) is 11.2. The van der Waals surface area contributed by atoms with E-state index in [1.807, 2.05) is 49.4 Å². The second-order valence-electron chi connectivity index (χ2n) is 4.50. The summed E-state index contributed by atoms with van der Waals surface area (Å²) in [5.74, 6) is 0.678. The van der Waals surface area contributed by atoms with Crippen LogP contribution in [0.2, 0.25) is 0 Å². The molecule has 2 heterocycles. The number of aromatic nitrogens is 2. The van der Waals surface area contributed by atoms with E-state index in [-0.39, 0.29) is 0 Å². The molecule has 0 aliphatic carbocycles. The summed E-state index contributed by atoms with van der Waals surface area (Å²) in [6, 6.07) is 14.0. The van der Waals surface area contributed by atoms with Crippen molar-refractivity contribution in [3.63, 3.8) is 0 Å². The summed E-state index contributed by atoms with van der Waals surface area (Å²) in [5.41, 5.74) is 3.98. The molecule has 0 amide bonds. The minimum absolute atomic E-state index is 0.678. The first-order valence-electron chi connectivity index (χ1n) is 6.47. The quantitative estimate of drug-likeness (QED) is 0.782. The van der Waals surface area contributed by atoms with Gasteiger partial charge in [-0.2, -0.15) is 0 Å². The maximum atomic E-state index is 5.22. The molecular formula is C16H15N3O. The lowest BCUT2D eigenvalue weighted by atomic mass is 10.1. The monoisotopic (exact) mass is 265 g/mol. The van der Waals surface area contributed by atoms with E-state index < -0.39 is 0 Å². The summed E-state index contributed by atoms with van der Waals surface area (Å²) >= 11 is 0. The fraction of sp³-hybridized carbons (Fsp3) is 0.125. The van der Waals surface area contributed by atoms with Crippen LogP contribution in [0.3, 0.4) is 0 Å². The molecule has 0 bridgehead atoms. The molecule has 1 aromatic carbocycles. The van der Waals surface area contributed by atoms with E-state index >= 15 is 0 Å². The van der Waals surface area contributed by atoms with Gasteiger partial charge in [0.05, 0.1) is 12.2 Å². The van der Waals surface area contributed by atoms with Crippen LogP contribution >= 0.6 is 0 Å². The second kappa shape index (κ2) is 5.57. The van der Waals surface area contributed by atoms with Gasteiger partial charge in [-0.3, -0.25) is 4.98 Å². The van der Waals surface area contributed by atoms with Crippen LogP contribution in [-0.2, 0) is 6.54 Å². The third-order valence-electron chi connectivity index (χ3n) is 3.00. The van der Waals surface area contributed by atoms with Crippen LogP contribution in [0.15, 0.2) is 59.3 Å². The summed E-state index contributed by atoms with van der Waals surface area (Å²) in [4.78, 5) is 8.58. The predicted octanol–water partition coefficient (Wildman–Crippen LogP) is 3.66. The van der Waals surface area contributed by atoms with E-state index in [0.717, 1.165) is 22.6 Å². The first kappa shape index (κ1) is 12.4. The predicted molar refractivity (Wildman–Crippen MR) is 78.2 cm³/mol. The zero-order valence-electron chi connectivity index (χ0n) is 11.2. The molecule has 2 aromatic heterocycles. The van der Waals surface area contributed by atoms with Crippen molar-refractivity contribution in [3.8, 4) is 11.3 Å². The fourth-order valence-electron chi connectivity index (χ4n) is 1.95.